The molecule has 3 aromatic rings. The molecule has 1 atom stereocenters. The second-order valence-electron chi connectivity index (χ2n) is 9.35. The molecule has 0 spiro atoms. The first-order valence-corrected chi connectivity index (χ1v) is 11.8. The largest absolute Gasteiger partial charge is 0.383 e. The van der Waals surface area contributed by atoms with Gasteiger partial charge in [-0.15, -0.1) is 0 Å². The first-order chi connectivity index (χ1) is 16.8. The Kier molecular flexibility index (Phi) is 6.35. The number of hydrogen-bond donors (Lipinski definition) is 1. The van der Waals surface area contributed by atoms with E-state index in [-0.39, 0.29) is 18.2 Å². The van der Waals surface area contributed by atoms with E-state index < -0.39 is 17.8 Å². The number of likely N-dealkylation sites (tertiary alicyclic amines) is 1. The highest BCUT2D eigenvalue weighted by atomic mass is 19.3. The topological polar surface area (TPSA) is 58.3 Å². The number of anilines is 2. The molecule has 3 heterocycles. The van der Waals surface area contributed by atoms with E-state index in [0.29, 0.717) is 48.9 Å². The van der Waals surface area contributed by atoms with Crippen LogP contribution in [-0.4, -0.2) is 47.0 Å². The molecule has 5 rings (SSSR count). The van der Waals surface area contributed by atoms with E-state index >= 15 is 0 Å². The van der Waals surface area contributed by atoms with Crippen LogP contribution in [0.25, 0.3) is 11.1 Å². The van der Waals surface area contributed by atoms with E-state index in [1.165, 1.54) is 42.7 Å². The van der Waals surface area contributed by atoms with Gasteiger partial charge in [0.05, 0.1) is 11.6 Å². The van der Waals surface area contributed by atoms with Crippen LogP contribution in [0.4, 0.5) is 29.2 Å². The van der Waals surface area contributed by atoms with E-state index in [9.17, 15) is 17.6 Å². The van der Waals surface area contributed by atoms with Crippen LogP contribution in [0.2, 0.25) is 0 Å². The van der Waals surface area contributed by atoms with Crippen LogP contribution in [0.1, 0.15) is 30.9 Å². The quantitative estimate of drug-likeness (QED) is 0.497. The zero-order valence-electron chi connectivity index (χ0n) is 19.2. The number of halogens is 4. The van der Waals surface area contributed by atoms with Crippen molar-refractivity contribution in [2.45, 2.75) is 31.2 Å². The average molecular weight is 486 g/mol. The number of benzene rings is 2. The molecule has 0 bridgehead atoms. The standard InChI is InChI=1S/C26H27F4N5/c27-20-5-1-18(2-6-20)22-24(31)32-16-33-25(22)34-12-9-17(10-13-34)15-35-14-11-26(29,30)23(35)19-3-7-21(28)8-4-19/h1-8,16-17,23H,9-15H2,(H2,31,32,33). The maximum absolute atomic E-state index is 14.8. The lowest BCUT2D eigenvalue weighted by Gasteiger charge is -2.37. The molecule has 2 aliphatic rings. The van der Waals surface area contributed by atoms with Crippen molar-refractivity contribution in [1.82, 2.24) is 14.9 Å². The number of alkyl halides is 2. The van der Waals surface area contributed by atoms with Gasteiger partial charge in [0.25, 0.3) is 5.92 Å². The van der Waals surface area contributed by atoms with Crippen molar-refractivity contribution in [1.29, 1.82) is 0 Å². The first kappa shape index (κ1) is 23.5. The van der Waals surface area contributed by atoms with Gasteiger partial charge in [-0.2, -0.15) is 0 Å². The van der Waals surface area contributed by atoms with E-state index in [1.54, 1.807) is 12.1 Å². The van der Waals surface area contributed by atoms with E-state index in [2.05, 4.69) is 14.9 Å². The molecule has 1 unspecified atom stereocenters. The number of nitrogens with two attached hydrogens (primary N) is 1. The van der Waals surface area contributed by atoms with Crippen LogP contribution in [0.3, 0.4) is 0 Å². The van der Waals surface area contributed by atoms with E-state index in [4.69, 9.17) is 5.73 Å². The summed E-state index contributed by atoms with van der Waals surface area (Å²) >= 11 is 0. The summed E-state index contributed by atoms with van der Waals surface area (Å²) in [6.07, 6.45) is 2.84. The van der Waals surface area contributed by atoms with Gasteiger partial charge in [-0.25, -0.2) is 27.5 Å². The summed E-state index contributed by atoms with van der Waals surface area (Å²) in [5.74, 6) is -2.35. The summed E-state index contributed by atoms with van der Waals surface area (Å²) in [7, 11) is 0. The van der Waals surface area contributed by atoms with Crippen LogP contribution in [0.5, 0.6) is 0 Å². The lowest BCUT2D eigenvalue weighted by Crippen LogP contribution is -2.40. The third-order valence-corrected chi connectivity index (χ3v) is 7.08. The Morgan fingerprint density at radius 2 is 1.51 bits per heavy atom. The highest BCUT2D eigenvalue weighted by Crippen LogP contribution is 2.45. The molecular formula is C26H27F4N5. The molecule has 2 aromatic carbocycles. The van der Waals surface area contributed by atoms with Crippen molar-refractivity contribution < 1.29 is 17.6 Å². The Morgan fingerprint density at radius 3 is 2.17 bits per heavy atom. The highest BCUT2D eigenvalue weighted by Gasteiger charge is 2.49. The Bertz CT molecular complexity index is 1160. The van der Waals surface area contributed by atoms with Crippen LogP contribution in [-0.2, 0) is 0 Å². The van der Waals surface area contributed by atoms with Gasteiger partial charge >= 0.3 is 0 Å². The van der Waals surface area contributed by atoms with Gasteiger partial charge in [0.1, 0.15) is 29.6 Å². The second-order valence-corrected chi connectivity index (χ2v) is 9.35. The zero-order chi connectivity index (χ0) is 24.6. The van der Waals surface area contributed by atoms with Crippen LogP contribution >= 0.6 is 0 Å². The molecule has 35 heavy (non-hydrogen) atoms. The number of rotatable bonds is 5. The number of hydrogen-bond acceptors (Lipinski definition) is 5. The fraction of sp³-hybridized carbons (Fsp3) is 0.385. The molecule has 9 heteroatoms. The third-order valence-electron chi connectivity index (χ3n) is 7.08. The predicted octanol–water partition coefficient (Wildman–Crippen LogP) is 5.30. The van der Waals surface area contributed by atoms with E-state index in [1.807, 2.05) is 4.90 Å². The Balaban J connectivity index is 1.29. The minimum atomic E-state index is -2.85. The van der Waals surface area contributed by atoms with Gasteiger partial charge in [-0.1, -0.05) is 24.3 Å². The minimum Gasteiger partial charge on any atom is -0.383 e. The predicted molar refractivity (Wildman–Crippen MR) is 127 cm³/mol. The van der Waals surface area contributed by atoms with Crippen molar-refractivity contribution in [2.24, 2.45) is 5.92 Å². The molecule has 0 aliphatic carbocycles. The number of nitrogens with zero attached hydrogens (tertiary/aromatic N) is 4. The Labute approximate surface area is 201 Å². The summed E-state index contributed by atoms with van der Waals surface area (Å²) in [6.45, 7) is 2.26. The SMILES string of the molecule is Nc1ncnc(N2CCC(CN3CCC(F)(F)C3c3ccc(F)cc3)CC2)c1-c1ccc(F)cc1. The third kappa shape index (κ3) is 4.82. The van der Waals surface area contributed by atoms with Crippen LogP contribution in [0, 0.1) is 17.6 Å². The highest BCUT2D eigenvalue weighted by molar-refractivity contribution is 5.84. The summed E-state index contributed by atoms with van der Waals surface area (Å²) in [5.41, 5.74) is 8.02. The van der Waals surface area contributed by atoms with Gasteiger partial charge < -0.3 is 10.6 Å². The fourth-order valence-electron chi connectivity index (χ4n) is 5.30. The van der Waals surface area contributed by atoms with Gasteiger partial charge in [-0.3, -0.25) is 4.90 Å². The van der Waals surface area contributed by atoms with E-state index in [0.717, 1.165) is 18.4 Å². The van der Waals surface area contributed by atoms with Gasteiger partial charge in [-0.05, 0) is 54.2 Å². The summed E-state index contributed by atoms with van der Waals surface area (Å²) in [6, 6.07) is 10.4. The molecule has 1 aromatic heterocycles. The van der Waals surface area contributed by atoms with Crippen molar-refractivity contribution >= 4 is 11.6 Å². The molecule has 0 radical (unpaired) electrons. The summed E-state index contributed by atoms with van der Waals surface area (Å²) in [4.78, 5) is 12.6. The molecular weight excluding hydrogens is 458 g/mol. The minimum absolute atomic E-state index is 0.199. The number of aromatic nitrogens is 2. The van der Waals surface area contributed by atoms with Crippen molar-refractivity contribution in [3.05, 3.63) is 72.1 Å². The Hall–Kier alpha value is -3.20. The maximum atomic E-state index is 14.8. The van der Waals surface area contributed by atoms with Gasteiger partial charge in [0.2, 0.25) is 0 Å². The molecule has 0 amide bonds. The maximum Gasteiger partial charge on any atom is 0.268 e. The monoisotopic (exact) mass is 485 g/mol. The van der Waals surface area contributed by atoms with Gasteiger partial charge in [0, 0.05) is 32.6 Å². The smallest absolute Gasteiger partial charge is 0.268 e. The van der Waals surface area contributed by atoms with Gasteiger partial charge in [0.15, 0.2) is 0 Å². The fourth-order valence-corrected chi connectivity index (χ4v) is 5.30. The molecule has 2 aliphatic heterocycles. The molecule has 2 N–H and O–H groups in total. The lowest BCUT2D eigenvalue weighted by molar-refractivity contribution is -0.0369. The van der Waals surface area contributed by atoms with Crippen molar-refractivity contribution in [3.8, 4) is 11.1 Å². The molecule has 2 saturated heterocycles. The van der Waals surface area contributed by atoms with Crippen molar-refractivity contribution in [3.63, 3.8) is 0 Å². The summed E-state index contributed by atoms with van der Waals surface area (Å²) < 4.78 is 56.3. The molecule has 0 saturated carbocycles. The van der Waals surface area contributed by atoms with Crippen LogP contribution < -0.4 is 10.6 Å². The summed E-state index contributed by atoms with van der Waals surface area (Å²) in [5, 5.41) is 0. The lowest BCUT2D eigenvalue weighted by atomic mass is 9.94. The number of nitrogen functional groups attached to an aromatic ring is 1. The zero-order valence-corrected chi connectivity index (χ0v) is 19.2. The van der Waals surface area contributed by atoms with Crippen LogP contribution in [0.15, 0.2) is 54.9 Å². The Morgan fingerprint density at radius 1 is 0.886 bits per heavy atom. The number of piperidine rings is 1. The second kappa shape index (κ2) is 9.45. The molecule has 5 nitrogen and oxygen atoms in total. The first-order valence-electron chi connectivity index (χ1n) is 11.8. The average Bonchev–Trinajstić information content (AvgIpc) is 3.14. The normalized spacial score (nSPS) is 20.9. The molecule has 184 valence electrons. The molecule has 2 fully saturated rings. The van der Waals surface area contributed by atoms with Crippen molar-refractivity contribution in [2.75, 3.05) is 36.8 Å².